The molecule has 0 fully saturated rings. The summed E-state index contributed by atoms with van der Waals surface area (Å²) in [6.45, 7) is 1.41. The van der Waals surface area contributed by atoms with E-state index in [-0.39, 0.29) is 19.4 Å². The fraction of sp³-hybridized carbons (Fsp3) is 0.385. The van der Waals surface area contributed by atoms with Crippen molar-refractivity contribution in [2.75, 3.05) is 13.2 Å². The number of benzene rings is 1. The Hall–Kier alpha value is -1.98. The van der Waals surface area contributed by atoms with E-state index in [1.807, 2.05) is 0 Å². The molecule has 104 valence electrons. The molecule has 4 nitrogen and oxygen atoms in total. The van der Waals surface area contributed by atoms with Crippen LogP contribution in [0, 0.1) is 11.6 Å². The van der Waals surface area contributed by atoms with Crippen molar-refractivity contribution in [3.05, 3.63) is 29.8 Å². The molecule has 6 heteroatoms. The molecule has 19 heavy (non-hydrogen) atoms. The van der Waals surface area contributed by atoms with Crippen LogP contribution in [-0.4, -0.2) is 25.0 Å². The molecule has 0 heterocycles. The molecule has 0 spiro atoms. The van der Waals surface area contributed by atoms with Gasteiger partial charge in [0.05, 0.1) is 13.0 Å². The SMILES string of the molecule is CCOC(=O)CCC(=O)COc1c(F)cccc1F. The Morgan fingerprint density at radius 1 is 1.16 bits per heavy atom. The predicted octanol–water partition coefficient (Wildman–Crippen LogP) is 2.26. The average Bonchev–Trinajstić information content (AvgIpc) is 2.36. The van der Waals surface area contributed by atoms with Gasteiger partial charge in [-0.3, -0.25) is 9.59 Å². The van der Waals surface area contributed by atoms with Crippen molar-refractivity contribution in [1.29, 1.82) is 0 Å². The fourth-order valence-electron chi connectivity index (χ4n) is 1.32. The summed E-state index contributed by atoms with van der Waals surface area (Å²) in [7, 11) is 0. The lowest BCUT2D eigenvalue weighted by atomic mass is 10.2. The number of rotatable bonds is 7. The van der Waals surface area contributed by atoms with Crippen molar-refractivity contribution in [1.82, 2.24) is 0 Å². The Bertz CT molecular complexity index is 440. The largest absolute Gasteiger partial charge is 0.480 e. The average molecular weight is 272 g/mol. The molecule has 1 aromatic rings. The summed E-state index contributed by atoms with van der Waals surface area (Å²) in [4.78, 5) is 22.4. The zero-order valence-electron chi connectivity index (χ0n) is 10.4. The third kappa shape index (κ3) is 5.03. The van der Waals surface area contributed by atoms with Crippen molar-refractivity contribution in [2.45, 2.75) is 19.8 Å². The van der Waals surface area contributed by atoms with Gasteiger partial charge in [0.2, 0.25) is 0 Å². The van der Waals surface area contributed by atoms with Gasteiger partial charge in [-0.2, -0.15) is 0 Å². The van der Waals surface area contributed by atoms with Crippen molar-refractivity contribution >= 4 is 11.8 Å². The number of Topliss-reactive ketones (excluding diaryl/α,β-unsaturated/α-hetero) is 1. The molecule has 0 radical (unpaired) electrons. The highest BCUT2D eigenvalue weighted by Gasteiger charge is 2.13. The van der Waals surface area contributed by atoms with Crippen LogP contribution in [0.1, 0.15) is 19.8 Å². The van der Waals surface area contributed by atoms with Crippen molar-refractivity contribution < 1.29 is 27.8 Å². The van der Waals surface area contributed by atoms with Crippen molar-refractivity contribution in [3.63, 3.8) is 0 Å². The van der Waals surface area contributed by atoms with E-state index in [0.29, 0.717) is 0 Å². The highest BCUT2D eigenvalue weighted by Crippen LogP contribution is 2.20. The molecule has 0 amide bonds. The summed E-state index contributed by atoms with van der Waals surface area (Å²) in [5.74, 6) is -3.27. The van der Waals surface area contributed by atoms with Gasteiger partial charge in [-0.1, -0.05) is 6.07 Å². The maximum atomic E-state index is 13.2. The third-order valence-corrected chi connectivity index (χ3v) is 2.21. The Balaban J connectivity index is 2.40. The van der Waals surface area contributed by atoms with Crippen LogP contribution in [-0.2, 0) is 14.3 Å². The van der Waals surface area contributed by atoms with Crippen LogP contribution in [0.3, 0.4) is 0 Å². The lowest BCUT2D eigenvalue weighted by Crippen LogP contribution is -2.15. The minimum atomic E-state index is -0.877. The molecule has 1 aromatic carbocycles. The van der Waals surface area contributed by atoms with Gasteiger partial charge in [0.15, 0.2) is 23.2 Å². The normalized spacial score (nSPS) is 10.1. The van der Waals surface area contributed by atoms with E-state index in [1.54, 1.807) is 6.92 Å². The van der Waals surface area contributed by atoms with Gasteiger partial charge < -0.3 is 9.47 Å². The molecular formula is C13H14F2O4. The van der Waals surface area contributed by atoms with E-state index in [0.717, 1.165) is 12.1 Å². The molecule has 0 atom stereocenters. The number of halogens is 2. The van der Waals surface area contributed by atoms with Crippen molar-refractivity contribution in [3.8, 4) is 5.75 Å². The number of hydrogen-bond acceptors (Lipinski definition) is 4. The van der Waals surface area contributed by atoms with Crippen LogP contribution >= 0.6 is 0 Å². The number of para-hydroxylation sites is 1. The van der Waals surface area contributed by atoms with Gasteiger partial charge in [-0.05, 0) is 19.1 Å². The van der Waals surface area contributed by atoms with E-state index in [1.165, 1.54) is 6.07 Å². The molecule has 0 aliphatic carbocycles. The minimum absolute atomic E-state index is 0.0736. The molecule has 0 saturated carbocycles. The predicted molar refractivity (Wildman–Crippen MR) is 62.7 cm³/mol. The Labute approximate surface area is 109 Å². The van der Waals surface area contributed by atoms with Crippen LogP contribution in [0.5, 0.6) is 5.75 Å². The molecule has 0 N–H and O–H groups in total. The van der Waals surface area contributed by atoms with E-state index in [9.17, 15) is 18.4 Å². The fourth-order valence-corrected chi connectivity index (χ4v) is 1.32. The lowest BCUT2D eigenvalue weighted by molar-refractivity contribution is -0.144. The van der Waals surface area contributed by atoms with Crippen molar-refractivity contribution in [2.24, 2.45) is 0 Å². The van der Waals surface area contributed by atoms with Crippen LogP contribution in [0.25, 0.3) is 0 Å². The number of esters is 1. The second-order valence-electron chi connectivity index (χ2n) is 3.68. The van der Waals surface area contributed by atoms with Crippen LogP contribution < -0.4 is 4.74 Å². The highest BCUT2D eigenvalue weighted by atomic mass is 19.1. The highest BCUT2D eigenvalue weighted by molar-refractivity contribution is 5.84. The number of carbonyl (C=O) groups is 2. The molecule has 0 aliphatic heterocycles. The first-order chi connectivity index (χ1) is 9.04. The monoisotopic (exact) mass is 272 g/mol. The Kier molecular flexibility index (Phi) is 5.92. The second kappa shape index (κ2) is 7.45. The first-order valence-electron chi connectivity index (χ1n) is 5.78. The molecule has 0 bridgehead atoms. The van der Waals surface area contributed by atoms with E-state index >= 15 is 0 Å². The third-order valence-electron chi connectivity index (χ3n) is 2.21. The second-order valence-corrected chi connectivity index (χ2v) is 3.68. The molecule has 1 rings (SSSR count). The van der Waals surface area contributed by atoms with Gasteiger partial charge in [-0.15, -0.1) is 0 Å². The summed E-state index contributed by atoms with van der Waals surface area (Å²) < 4.78 is 35.7. The quantitative estimate of drug-likeness (QED) is 0.714. The standard InChI is InChI=1S/C13H14F2O4/c1-2-18-12(17)7-6-9(16)8-19-13-10(14)4-3-5-11(13)15/h3-5H,2,6-8H2,1H3. The summed E-state index contributed by atoms with van der Waals surface area (Å²) in [6, 6.07) is 3.25. The molecule has 0 unspecified atom stereocenters. The van der Waals surface area contributed by atoms with Gasteiger partial charge in [0, 0.05) is 6.42 Å². The van der Waals surface area contributed by atoms with Gasteiger partial charge in [0.25, 0.3) is 0 Å². The molecular weight excluding hydrogens is 258 g/mol. The molecule has 0 aromatic heterocycles. The maximum Gasteiger partial charge on any atom is 0.306 e. The zero-order valence-corrected chi connectivity index (χ0v) is 10.4. The van der Waals surface area contributed by atoms with Crippen LogP contribution in [0.2, 0.25) is 0 Å². The van der Waals surface area contributed by atoms with Crippen LogP contribution in [0.15, 0.2) is 18.2 Å². The smallest absolute Gasteiger partial charge is 0.306 e. The van der Waals surface area contributed by atoms with E-state index < -0.39 is 35.7 Å². The number of ketones is 1. The lowest BCUT2D eigenvalue weighted by Gasteiger charge is -2.07. The molecule has 0 saturated heterocycles. The zero-order chi connectivity index (χ0) is 14.3. The topological polar surface area (TPSA) is 52.6 Å². The van der Waals surface area contributed by atoms with E-state index in [4.69, 9.17) is 4.74 Å². The van der Waals surface area contributed by atoms with Gasteiger partial charge in [-0.25, -0.2) is 8.78 Å². The first-order valence-corrected chi connectivity index (χ1v) is 5.78. The maximum absolute atomic E-state index is 13.2. The summed E-state index contributed by atoms with van der Waals surface area (Å²) >= 11 is 0. The van der Waals surface area contributed by atoms with Gasteiger partial charge in [0.1, 0.15) is 6.61 Å². The summed E-state index contributed by atoms with van der Waals surface area (Å²) in [5, 5.41) is 0. The Morgan fingerprint density at radius 3 is 2.37 bits per heavy atom. The first kappa shape index (κ1) is 15.1. The van der Waals surface area contributed by atoms with Crippen LogP contribution in [0.4, 0.5) is 8.78 Å². The Morgan fingerprint density at radius 2 is 1.79 bits per heavy atom. The number of hydrogen-bond donors (Lipinski definition) is 0. The summed E-state index contributed by atoms with van der Waals surface area (Å²) in [6.07, 6.45) is -0.162. The number of ether oxygens (including phenoxy) is 2. The summed E-state index contributed by atoms with van der Waals surface area (Å²) in [5.41, 5.74) is 0. The van der Waals surface area contributed by atoms with E-state index in [2.05, 4.69) is 4.74 Å². The van der Waals surface area contributed by atoms with Gasteiger partial charge >= 0.3 is 5.97 Å². The minimum Gasteiger partial charge on any atom is -0.480 e. The number of carbonyl (C=O) groups excluding carboxylic acids is 2. The molecule has 0 aliphatic rings.